The summed E-state index contributed by atoms with van der Waals surface area (Å²) in [5.41, 5.74) is 2.10. The molecule has 1 aliphatic heterocycles. The molecule has 0 atom stereocenters. The first-order chi connectivity index (χ1) is 11.0. The molecular formula is C18H17FN2O2. The van der Waals surface area contributed by atoms with Gasteiger partial charge >= 0.3 is 0 Å². The van der Waals surface area contributed by atoms with Crippen molar-refractivity contribution in [1.29, 1.82) is 0 Å². The van der Waals surface area contributed by atoms with Crippen LogP contribution in [0, 0.1) is 12.7 Å². The molecule has 23 heavy (non-hydrogen) atoms. The highest BCUT2D eigenvalue weighted by Gasteiger charge is 2.21. The van der Waals surface area contributed by atoms with E-state index in [2.05, 4.69) is 5.32 Å². The molecule has 0 spiro atoms. The van der Waals surface area contributed by atoms with E-state index in [0.29, 0.717) is 24.2 Å². The molecule has 1 saturated heterocycles. The Morgan fingerprint density at radius 3 is 2.74 bits per heavy atom. The lowest BCUT2D eigenvalue weighted by Gasteiger charge is -2.16. The molecule has 3 rings (SSSR count). The summed E-state index contributed by atoms with van der Waals surface area (Å²) < 4.78 is 13.6. The van der Waals surface area contributed by atoms with E-state index in [1.165, 1.54) is 6.07 Å². The van der Waals surface area contributed by atoms with Crippen molar-refractivity contribution in [2.24, 2.45) is 0 Å². The molecule has 2 amide bonds. The highest BCUT2D eigenvalue weighted by molar-refractivity contribution is 6.05. The third kappa shape index (κ3) is 3.23. The topological polar surface area (TPSA) is 49.4 Å². The van der Waals surface area contributed by atoms with E-state index in [1.54, 1.807) is 42.2 Å². The molecule has 5 heteroatoms. The maximum Gasteiger partial charge on any atom is 0.255 e. The molecule has 0 saturated carbocycles. The van der Waals surface area contributed by atoms with Crippen molar-refractivity contribution in [3.63, 3.8) is 0 Å². The maximum absolute atomic E-state index is 13.6. The first-order valence-corrected chi connectivity index (χ1v) is 7.52. The molecule has 0 unspecified atom stereocenters. The van der Waals surface area contributed by atoms with E-state index < -0.39 is 5.82 Å². The lowest BCUT2D eigenvalue weighted by molar-refractivity contribution is -0.117. The Morgan fingerprint density at radius 2 is 2.04 bits per heavy atom. The third-order valence-corrected chi connectivity index (χ3v) is 3.92. The molecule has 1 N–H and O–H groups in total. The van der Waals surface area contributed by atoms with Gasteiger partial charge in [-0.3, -0.25) is 9.59 Å². The van der Waals surface area contributed by atoms with Gasteiger partial charge in [0.05, 0.1) is 0 Å². The van der Waals surface area contributed by atoms with Gasteiger partial charge in [0.2, 0.25) is 5.91 Å². The summed E-state index contributed by atoms with van der Waals surface area (Å²) in [5.74, 6) is -0.697. The van der Waals surface area contributed by atoms with Gasteiger partial charge in [-0.25, -0.2) is 4.39 Å². The van der Waals surface area contributed by atoms with Gasteiger partial charge in [-0.2, -0.15) is 0 Å². The Morgan fingerprint density at radius 1 is 1.22 bits per heavy atom. The van der Waals surface area contributed by atoms with E-state index in [0.717, 1.165) is 12.1 Å². The average Bonchev–Trinajstić information content (AvgIpc) is 2.96. The van der Waals surface area contributed by atoms with Crippen LogP contribution in [0.1, 0.15) is 28.8 Å². The molecule has 2 aromatic rings. The van der Waals surface area contributed by atoms with Gasteiger partial charge in [0, 0.05) is 29.9 Å². The lowest BCUT2D eigenvalue weighted by Crippen LogP contribution is -2.23. The number of benzene rings is 2. The van der Waals surface area contributed by atoms with Crippen LogP contribution in [0.15, 0.2) is 42.5 Å². The Hall–Kier alpha value is -2.69. The summed E-state index contributed by atoms with van der Waals surface area (Å²) in [4.78, 5) is 25.7. The first kappa shape index (κ1) is 15.2. The number of rotatable bonds is 3. The highest BCUT2D eigenvalue weighted by Crippen LogP contribution is 2.24. The summed E-state index contributed by atoms with van der Waals surface area (Å²) in [7, 11) is 0. The van der Waals surface area contributed by atoms with Crippen molar-refractivity contribution in [2.45, 2.75) is 19.8 Å². The Balaban J connectivity index is 1.78. The highest BCUT2D eigenvalue weighted by atomic mass is 19.1. The van der Waals surface area contributed by atoms with Gasteiger partial charge in [0.25, 0.3) is 5.91 Å². The van der Waals surface area contributed by atoms with Crippen LogP contribution in [-0.2, 0) is 4.79 Å². The predicted molar refractivity (Wildman–Crippen MR) is 87.1 cm³/mol. The largest absolute Gasteiger partial charge is 0.322 e. The number of nitrogens with zero attached hydrogens (tertiary/aromatic N) is 1. The summed E-state index contributed by atoms with van der Waals surface area (Å²) in [6.45, 7) is 2.34. The number of carbonyl (C=O) groups is 2. The van der Waals surface area contributed by atoms with E-state index in [4.69, 9.17) is 0 Å². The van der Waals surface area contributed by atoms with Crippen LogP contribution in [0.25, 0.3) is 0 Å². The normalized spacial score (nSPS) is 14.2. The average molecular weight is 312 g/mol. The number of hydrogen-bond donors (Lipinski definition) is 1. The van der Waals surface area contributed by atoms with Gasteiger partial charge in [-0.15, -0.1) is 0 Å². The Labute approximate surface area is 133 Å². The van der Waals surface area contributed by atoms with Gasteiger partial charge < -0.3 is 10.2 Å². The molecule has 0 bridgehead atoms. The number of aryl methyl sites for hydroxylation is 1. The smallest absolute Gasteiger partial charge is 0.255 e. The van der Waals surface area contributed by atoms with Crippen molar-refractivity contribution >= 4 is 23.2 Å². The fourth-order valence-corrected chi connectivity index (χ4v) is 2.61. The number of nitrogens with one attached hydrogen (secondary N) is 1. The molecule has 118 valence electrons. The van der Waals surface area contributed by atoms with Crippen LogP contribution in [0.5, 0.6) is 0 Å². The number of halogens is 1. The molecule has 1 fully saturated rings. The zero-order chi connectivity index (χ0) is 16.4. The van der Waals surface area contributed by atoms with E-state index in [1.807, 2.05) is 6.07 Å². The van der Waals surface area contributed by atoms with Crippen LogP contribution in [0.3, 0.4) is 0 Å². The maximum atomic E-state index is 13.6. The summed E-state index contributed by atoms with van der Waals surface area (Å²) in [6.07, 6.45) is 1.40. The minimum Gasteiger partial charge on any atom is -0.322 e. The number of hydrogen-bond acceptors (Lipinski definition) is 2. The molecule has 1 aliphatic rings. The van der Waals surface area contributed by atoms with Crippen LogP contribution < -0.4 is 10.2 Å². The molecule has 0 radical (unpaired) electrons. The van der Waals surface area contributed by atoms with Crippen molar-refractivity contribution in [1.82, 2.24) is 0 Å². The van der Waals surface area contributed by atoms with Gasteiger partial charge in [-0.05, 0) is 49.2 Å². The van der Waals surface area contributed by atoms with Gasteiger partial charge in [-0.1, -0.05) is 12.1 Å². The van der Waals surface area contributed by atoms with Crippen LogP contribution in [0.2, 0.25) is 0 Å². The number of carbonyl (C=O) groups excluding carboxylic acids is 2. The zero-order valence-corrected chi connectivity index (χ0v) is 12.8. The first-order valence-electron chi connectivity index (χ1n) is 7.52. The fraction of sp³-hybridized carbons (Fsp3) is 0.222. The van der Waals surface area contributed by atoms with Gasteiger partial charge in [0.1, 0.15) is 5.82 Å². The van der Waals surface area contributed by atoms with Crippen molar-refractivity contribution in [3.05, 3.63) is 59.4 Å². The predicted octanol–water partition coefficient (Wildman–Crippen LogP) is 3.51. The second kappa shape index (κ2) is 6.20. The number of anilines is 2. The lowest BCUT2D eigenvalue weighted by atomic mass is 10.1. The molecule has 0 aromatic heterocycles. The zero-order valence-electron chi connectivity index (χ0n) is 12.8. The molecular weight excluding hydrogens is 295 g/mol. The van der Waals surface area contributed by atoms with E-state index in [9.17, 15) is 14.0 Å². The molecule has 0 aliphatic carbocycles. The van der Waals surface area contributed by atoms with Crippen molar-refractivity contribution < 1.29 is 14.0 Å². The Kier molecular flexibility index (Phi) is 4.10. The third-order valence-electron chi connectivity index (χ3n) is 3.92. The summed E-state index contributed by atoms with van der Waals surface area (Å²) in [6, 6.07) is 11.5. The minimum absolute atomic E-state index is 0.0917. The van der Waals surface area contributed by atoms with Crippen LogP contribution in [0.4, 0.5) is 15.8 Å². The van der Waals surface area contributed by atoms with Gasteiger partial charge in [0.15, 0.2) is 0 Å². The minimum atomic E-state index is -0.408. The van der Waals surface area contributed by atoms with E-state index in [-0.39, 0.29) is 17.4 Å². The van der Waals surface area contributed by atoms with Crippen molar-refractivity contribution in [3.8, 4) is 0 Å². The molecule has 1 heterocycles. The Bertz CT molecular complexity index is 773. The molecule has 2 aromatic carbocycles. The van der Waals surface area contributed by atoms with Crippen LogP contribution in [-0.4, -0.2) is 18.4 Å². The SMILES string of the molecule is Cc1ccc(C(=O)Nc2cccc(N3CCCC3=O)c2)cc1F. The molecule has 4 nitrogen and oxygen atoms in total. The monoisotopic (exact) mass is 312 g/mol. The fourth-order valence-electron chi connectivity index (χ4n) is 2.61. The van der Waals surface area contributed by atoms with Crippen LogP contribution >= 0.6 is 0 Å². The second-order valence-corrected chi connectivity index (χ2v) is 5.62. The van der Waals surface area contributed by atoms with E-state index >= 15 is 0 Å². The summed E-state index contributed by atoms with van der Waals surface area (Å²) >= 11 is 0. The summed E-state index contributed by atoms with van der Waals surface area (Å²) in [5, 5.41) is 2.74. The quantitative estimate of drug-likeness (QED) is 0.943. The van der Waals surface area contributed by atoms with Crippen molar-refractivity contribution in [2.75, 3.05) is 16.8 Å². The number of amides is 2. The second-order valence-electron chi connectivity index (χ2n) is 5.62. The standard InChI is InChI=1S/C18H17FN2O2/c1-12-7-8-13(10-16(12)19)18(23)20-14-4-2-5-15(11-14)21-9-3-6-17(21)22/h2,4-5,7-8,10-11H,3,6,9H2,1H3,(H,20,23).